The molecule has 1 N–H and O–H groups in total. The van der Waals surface area contributed by atoms with Crippen LogP contribution in [0.1, 0.15) is 41.0 Å². The highest BCUT2D eigenvalue weighted by Crippen LogP contribution is 2.24. The maximum absolute atomic E-state index is 13.1. The minimum atomic E-state index is -1.48. The summed E-state index contributed by atoms with van der Waals surface area (Å²) >= 11 is 0. The molecule has 0 saturated carbocycles. The number of nitrogens with zero attached hydrogens (tertiary/aromatic N) is 2. The first-order chi connectivity index (χ1) is 16.9. The minimum absolute atomic E-state index is 0.160. The first-order valence-corrected chi connectivity index (χ1v) is 12.6. The third kappa shape index (κ3) is 6.12. The number of ether oxygens (including phenoxy) is 3. The number of fused-ring (bicyclic) bond motifs is 1. The van der Waals surface area contributed by atoms with Crippen molar-refractivity contribution < 1.29 is 23.2 Å². The number of pyridine rings is 1. The maximum atomic E-state index is 13.1. The zero-order valence-corrected chi connectivity index (χ0v) is 20.6. The van der Waals surface area contributed by atoms with E-state index in [0.29, 0.717) is 46.4 Å². The highest BCUT2D eigenvalue weighted by atomic mass is 32.2. The van der Waals surface area contributed by atoms with Crippen molar-refractivity contribution in [3.63, 3.8) is 0 Å². The third-order valence-electron chi connectivity index (χ3n) is 5.33. The summed E-state index contributed by atoms with van der Waals surface area (Å²) in [6, 6.07) is 16.6. The second-order valence-corrected chi connectivity index (χ2v) is 9.21. The van der Waals surface area contributed by atoms with Gasteiger partial charge in [-0.3, -0.25) is 9.19 Å². The normalized spacial score (nSPS) is 12.9. The summed E-state index contributed by atoms with van der Waals surface area (Å²) in [6.07, 6.45) is 1.15. The van der Waals surface area contributed by atoms with Gasteiger partial charge in [-0.25, -0.2) is 9.78 Å². The average Bonchev–Trinajstić information content (AvgIpc) is 3.30. The number of hydrogen-bond acceptors (Lipinski definition) is 7. The highest BCUT2D eigenvalue weighted by molar-refractivity contribution is 7.84. The molecule has 0 fully saturated rings. The molecular weight excluding hydrogens is 466 g/mol. The van der Waals surface area contributed by atoms with Crippen LogP contribution in [-0.2, 0) is 32.6 Å². The average molecular weight is 494 g/mol. The van der Waals surface area contributed by atoms with E-state index in [1.807, 2.05) is 44.2 Å². The van der Waals surface area contributed by atoms with Gasteiger partial charge in [0.1, 0.15) is 5.75 Å². The van der Waals surface area contributed by atoms with Gasteiger partial charge in [0.05, 0.1) is 52.1 Å². The number of carbonyl (C=O) groups excluding carboxylic acids is 1. The smallest absolute Gasteiger partial charge is 0.338 e. The number of aromatic nitrogens is 3. The van der Waals surface area contributed by atoms with E-state index in [1.54, 1.807) is 37.4 Å². The van der Waals surface area contributed by atoms with Gasteiger partial charge in [0, 0.05) is 11.8 Å². The van der Waals surface area contributed by atoms with Gasteiger partial charge in [0.2, 0.25) is 0 Å². The van der Waals surface area contributed by atoms with Crippen LogP contribution in [0.2, 0.25) is 0 Å². The van der Waals surface area contributed by atoms with Crippen LogP contribution in [0.4, 0.5) is 0 Å². The van der Waals surface area contributed by atoms with E-state index >= 15 is 0 Å². The molecule has 0 spiro atoms. The van der Waals surface area contributed by atoms with Gasteiger partial charge in [-0.2, -0.15) is 0 Å². The first kappa shape index (κ1) is 24.6. The van der Waals surface area contributed by atoms with Gasteiger partial charge >= 0.3 is 5.97 Å². The Hall–Kier alpha value is -3.56. The van der Waals surface area contributed by atoms with Crippen molar-refractivity contribution in [2.45, 2.75) is 44.6 Å². The predicted octanol–water partition coefficient (Wildman–Crippen LogP) is 4.69. The number of imidazole rings is 1. The van der Waals surface area contributed by atoms with Crippen LogP contribution >= 0.6 is 0 Å². The van der Waals surface area contributed by atoms with Crippen molar-refractivity contribution in [1.29, 1.82) is 0 Å². The molecule has 0 radical (unpaired) electrons. The predicted molar refractivity (Wildman–Crippen MR) is 132 cm³/mol. The molecule has 2 atom stereocenters. The minimum Gasteiger partial charge on any atom is -0.465 e. The van der Waals surface area contributed by atoms with Crippen LogP contribution in [-0.4, -0.2) is 38.0 Å². The summed E-state index contributed by atoms with van der Waals surface area (Å²) in [5.41, 5.74) is 4.13. The van der Waals surface area contributed by atoms with E-state index in [2.05, 4.69) is 15.0 Å². The summed E-state index contributed by atoms with van der Waals surface area (Å²) in [7, 11) is -1.48. The Morgan fingerprint density at radius 1 is 1.14 bits per heavy atom. The number of aromatic amines is 1. The van der Waals surface area contributed by atoms with Crippen molar-refractivity contribution in [3.8, 4) is 5.75 Å². The van der Waals surface area contributed by atoms with Crippen LogP contribution in [0.25, 0.3) is 11.0 Å². The molecule has 0 aliphatic heterocycles. The standard InChI is InChI=1S/C26H27N3O5S/c1-4-32-25(30)20-10-11-21-22(14-20)29-26(28-21)35(31)16-23-17(2)24(12-13-27-23)34-18(3)33-15-19-8-6-5-7-9-19/h5-14,18H,4,15-16H2,1-3H3,(H,28,29). The lowest BCUT2D eigenvalue weighted by Crippen LogP contribution is -2.17. The van der Waals surface area contributed by atoms with E-state index in [9.17, 15) is 9.00 Å². The molecule has 4 aromatic rings. The molecule has 35 heavy (non-hydrogen) atoms. The number of carbonyl (C=O) groups is 1. The van der Waals surface area contributed by atoms with Gasteiger partial charge in [0.25, 0.3) is 0 Å². The molecule has 182 valence electrons. The molecule has 0 bridgehead atoms. The van der Waals surface area contributed by atoms with Crippen molar-refractivity contribution >= 4 is 27.8 Å². The molecule has 8 nitrogen and oxygen atoms in total. The summed E-state index contributed by atoms with van der Waals surface area (Å²) in [4.78, 5) is 23.9. The fourth-order valence-corrected chi connectivity index (χ4v) is 4.56. The third-order valence-corrected chi connectivity index (χ3v) is 6.49. The van der Waals surface area contributed by atoms with Crippen LogP contribution in [0.5, 0.6) is 5.75 Å². The van der Waals surface area contributed by atoms with Crippen molar-refractivity contribution in [1.82, 2.24) is 15.0 Å². The van der Waals surface area contributed by atoms with Crippen LogP contribution in [0, 0.1) is 6.92 Å². The van der Waals surface area contributed by atoms with Crippen LogP contribution in [0.15, 0.2) is 66.0 Å². The Balaban J connectivity index is 1.43. The van der Waals surface area contributed by atoms with E-state index in [4.69, 9.17) is 14.2 Å². The summed E-state index contributed by atoms with van der Waals surface area (Å²) in [5.74, 6) is 0.369. The topological polar surface area (TPSA) is 103 Å². The SMILES string of the molecule is CCOC(=O)c1ccc2nc(S(=O)Cc3nccc(OC(C)OCc4ccccc4)c3C)[nH]c2c1. The van der Waals surface area contributed by atoms with Crippen molar-refractivity contribution in [3.05, 3.63) is 83.2 Å². The Labute approximate surface area is 206 Å². The number of H-pyrrole nitrogens is 1. The van der Waals surface area contributed by atoms with Crippen LogP contribution in [0.3, 0.4) is 0 Å². The van der Waals surface area contributed by atoms with E-state index in [1.165, 1.54) is 0 Å². The van der Waals surface area contributed by atoms with Gasteiger partial charge < -0.3 is 19.2 Å². The molecular formula is C26H27N3O5S. The number of benzene rings is 2. The molecule has 0 saturated heterocycles. The highest BCUT2D eigenvalue weighted by Gasteiger charge is 2.17. The van der Waals surface area contributed by atoms with Gasteiger partial charge in [-0.15, -0.1) is 0 Å². The molecule has 0 amide bonds. The first-order valence-electron chi connectivity index (χ1n) is 11.3. The zero-order valence-electron chi connectivity index (χ0n) is 19.8. The lowest BCUT2D eigenvalue weighted by Gasteiger charge is -2.18. The monoisotopic (exact) mass is 493 g/mol. The molecule has 9 heteroatoms. The second kappa shape index (κ2) is 11.2. The Morgan fingerprint density at radius 2 is 1.94 bits per heavy atom. The van der Waals surface area contributed by atoms with Crippen molar-refractivity contribution in [2.75, 3.05) is 6.61 Å². The Morgan fingerprint density at radius 3 is 2.71 bits per heavy atom. The van der Waals surface area contributed by atoms with Gasteiger partial charge in [0.15, 0.2) is 11.4 Å². The van der Waals surface area contributed by atoms with E-state index in [-0.39, 0.29) is 5.75 Å². The number of nitrogens with one attached hydrogen (secondary N) is 1. The fraction of sp³-hybridized carbons (Fsp3) is 0.269. The lowest BCUT2D eigenvalue weighted by molar-refractivity contribution is -0.0762. The molecule has 0 aliphatic carbocycles. The molecule has 2 aromatic carbocycles. The second-order valence-electron chi connectivity index (χ2n) is 7.85. The summed E-state index contributed by atoms with van der Waals surface area (Å²) in [5, 5.41) is 0.313. The number of esters is 1. The summed E-state index contributed by atoms with van der Waals surface area (Å²) in [6.45, 7) is 6.19. The maximum Gasteiger partial charge on any atom is 0.338 e. The quantitative estimate of drug-likeness (QED) is 0.252. The molecule has 2 aromatic heterocycles. The number of rotatable bonds is 10. The van der Waals surface area contributed by atoms with Gasteiger partial charge in [-0.05, 0) is 50.6 Å². The van der Waals surface area contributed by atoms with Crippen molar-refractivity contribution in [2.24, 2.45) is 0 Å². The molecule has 4 rings (SSSR count). The molecule has 0 aliphatic rings. The largest absolute Gasteiger partial charge is 0.465 e. The van der Waals surface area contributed by atoms with E-state index < -0.39 is 23.1 Å². The lowest BCUT2D eigenvalue weighted by atomic mass is 10.2. The molecule has 2 unspecified atom stereocenters. The summed E-state index contributed by atoms with van der Waals surface area (Å²) < 4.78 is 29.9. The molecule has 2 heterocycles. The Bertz CT molecular complexity index is 1340. The van der Waals surface area contributed by atoms with E-state index in [0.717, 1.165) is 11.1 Å². The van der Waals surface area contributed by atoms with Gasteiger partial charge in [-0.1, -0.05) is 30.3 Å². The van der Waals surface area contributed by atoms with Crippen LogP contribution < -0.4 is 4.74 Å². The fourth-order valence-electron chi connectivity index (χ4n) is 3.46. The zero-order chi connectivity index (χ0) is 24.8. The Kier molecular flexibility index (Phi) is 7.89. The number of hydrogen-bond donors (Lipinski definition) is 1.